The molecule has 28 heavy (non-hydrogen) atoms. The van der Waals surface area contributed by atoms with Crippen LogP contribution in [0.4, 0.5) is 0 Å². The van der Waals surface area contributed by atoms with Gasteiger partial charge in [0.05, 0.1) is 0 Å². The van der Waals surface area contributed by atoms with Crippen molar-refractivity contribution >= 4 is 22.6 Å². The fraction of sp³-hybridized carbons (Fsp3) is 0.364. The largest absolute Gasteiger partial charge is 0.335 e. The van der Waals surface area contributed by atoms with E-state index >= 15 is 0 Å². The lowest BCUT2D eigenvalue weighted by molar-refractivity contribution is 0.0535. The summed E-state index contributed by atoms with van der Waals surface area (Å²) < 4.78 is 11.4. The summed E-state index contributed by atoms with van der Waals surface area (Å²) in [4.78, 5) is 29.1. The molecule has 1 heterocycles. The Morgan fingerprint density at radius 3 is 1.96 bits per heavy atom. The second-order valence-electron chi connectivity index (χ2n) is 7.05. The Morgan fingerprint density at radius 1 is 0.857 bits per heavy atom. The molecule has 0 aliphatic carbocycles. The van der Waals surface area contributed by atoms with E-state index in [2.05, 4.69) is 6.92 Å². The summed E-state index contributed by atoms with van der Waals surface area (Å²) in [6.07, 6.45) is 2.60. The third-order valence-electron chi connectivity index (χ3n) is 5.01. The molecule has 1 unspecified atom stereocenters. The number of carbonyl (C=O) groups is 2. The van der Waals surface area contributed by atoms with Crippen molar-refractivity contribution in [2.45, 2.75) is 19.1 Å². The average Bonchev–Trinajstić information content (AvgIpc) is 2.72. The van der Waals surface area contributed by atoms with Crippen LogP contribution in [0.2, 0.25) is 0 Å². The Labute approximate surface area is 168 Å². The van der Waals surface area contributed by atoms with Gasteiger partial charge in [-0.05, 0) is 41.8 Å². The minimum Gasteiger partial charge on any atom is -0.335 e. The molecule has 1 saturated heterocycles. The predicted molar refractivity (Wildman–Crippen MR) is 112 cm³/mol. The Kier molecular flexibility index (Phi) is 6.62. The van der Waals surface area contributed by atoms with E-state index in [9.17, 15) is 13.8 Å². The molecule has 6 heteroatoms. The van der Waals surface area contributed by atoms with Gasteiger partial charge in [0.1, 0.15) is 0 Å². The van der Waals surface area contributed by atoms with Gasteiger partial charge < -0.3 is 9.80 Å². The van der Waals surface area contributed by atoms with Gasteiger partial charge in [0.15, 0.2) is 0 Å². The van der Waals surface area contributed by atoms with Crippen LogP contribution in [0, 0.1) is 0 Å². The summed E-state index contributed by atoms with van der Waals surface area (Å²) in [5.74, 6) is 0.422. The van der Waals surface area contributed by atoms with Crippen molar-refractivity contribution in [3.8, 4) is 0 Å². The smallest absolute Gasteiger partial charge is 0.253 e. The number of carbonyl (C=O) groups excluding carboxylic acids is 2. The number of piperazine rings is 1. The molecular weight excluding hydrogens is 372 g/mol. The minimum absolute atomic E-state index is 0.0159. The molecule has 1 aliphatic rings. The van der Waals surface area contributed by atoms with E-state index in [1.807, 2.05) is 42.5 Å². The van der Waals surface area contributed by atoms with Gasteiger partial charge in [-0.25, -0.2) is 0 Å². The molecule has 0 bridgehead atoms. The van der Waals surface area contributed by atoms with Crippen molar-refractivity contribution < 1.29 is 13.8 Å². The van der Waals surface area contributed by atoms with Crippen molar-refractivity contribution in [1.82, 2.24) is 9.80 Å². The third kappa shape index (κ3) is 4.87. The molecule has 3 rings (SSSR count). The van der Waals surface area contributed by atoms with Crippen LogP contribution >= 0.6 is 0 Å². The van der Waals surface area contributed by atoms with Gasteiger partial charge in [0, 0.05) is 60.1 Å². The second-order valence-corrected chi connectivity index (χ2v) is 8.49. The Morgan fingerprint density at radius 2 is 1.43 bits per heavy atom. The quantitative estimate of drug-likeness (QED) is 0.778. The molecule has 0 N–H and O–H groups in total. The number of aryl methyl sites for hydroxylation is 1. The van der Waals surface area contributed by atoms with Crippen molar-refractivity contribution in [1.29, 1.82) is 0 Å². The molecular formula is C22H26N2O3S. The zero-order chi connectivity index (χ0) is 20.1. The van der Waals surface area contributed by atoms with Gasteiger partial charge in [0.25, 0.3) is 11.8 Å². The standard InChI is InChI=1S/C22H26N2O3S/c1-3-17-7-9-19(10-8-17)21(25)23-11-13-24(14-12-23)22(26)20-6-4-5-18(15-20)16-28(2)27/h4-10,15H,3,11-14,16H2,1-2H3. The first-order valence-electron chi connectivity index (χ1n) is 9.54. The van der Waals surface area contributed by atoms with E-state index in [1.54, 1.807) is 22.1 Å². The zero-order valence-electron chi connectivity index (χ0n) is 16.4. The maximum absolute atomic E-state index is 12.8. The summed E-state index contributed by atoms with van der Waals surface area (Å²) in [6, 6.07) is 15.1. The van der Waals surface area contributed by atoms with Gasteiger partial charge in [0.2, 0.25) is 0 Å². The van der Waals surface area contributed by atoms with Crippen LogP contribution in [0.15, 0.2) is 48.5 Å². The molecule has 2 amide bonds. The Balaban J connectivity index is 1.60. The summed E-state index contributed by atoms with van der Waals surface area (Å²) in [6.45, 7) is 4.17. The molecule has 1 aliphatic heterocycles. The first kappa shape index (κ1) is 20.3. The number of amides is 2. The van der Waals surface area contributed by atoms with Gasteiger partial charge in [-0.2, -0.15) is 0 Å². The van der Waals surface area contributed by atoms with Crippen LogP contribution < -0.4 is 0 Å². The number of rotatable bonds is 5. The fourth-order valence-corrected chi connectivity index (χ4v) is 4.04. The van der Waals surface area contributed by atoms with E-state index in [1.165, 1.54) is 5.56 Å². The molecule has 148 valence electrons. The minimum atomic E-state index is -0.942. The Hall–Kier alpha value is -2.47. The highest BCUT2D eigenvalue weighted by atomic mass is 32.2. The summed E-state index contributed by atoms with van der Waals surface area (Å²) in [5, 5.41) is 0. The highest BCUT2D eigenvalue weighted by molar-refractivity contribution is 7.83. The number of nitrogens with zero attached hydrogens (tertiary/aromatic N) is 2. The molecule has 0 aromatic heterocycles. The summed E-state index contributed by atoms with van der Waals surface area (Å²) in [7, 11) is -0.942. The van der Waals surface area contributed by atoms with Gasteiger partial charge >= 0.3 is 0 Å². The van der Waals surface area contributed by atoms with Crippen LogP contribution in [0.5, 0.6) is 0 Å². The van der Waals surface area contributed by atoms with E-state index in [0.717, 1.165) is 12.0 Å². The highest BCUT2D eigenvalue weighted by Gasteiger charge is 2.25. The second kappa shape index (κ2) is 9.15. The van der Waals surface area contributed by atoms with Gasteiger partial charge in [-0.15, -0.1) is 0 Å². The highest BCUT2D eigenvalue weighted by Crippen LogP contribution is 2.14. The topological polar surface area (TPSA) is 57.7 Å². The van der Waals surface area contributed by atoms with Gasteiger partial charge in [-0.3, -0.25) is 13.8 Å². The van der Waals surface area contributed by atoms with E-state index < -0.39 is 10.8 Å². The van der Waals surface area contributed by atoms with Crippen LogP contribution in [0.25, 0.3) is 0 Å². The molecule has 2 aromatic rings. The molecule has 5 nitrogen and oxygen atoms in total. The normalized spacial score (nSPS) is 15.4. The predicted octanol–water partition coefficient (Wildman–Crippen LogP) is 2.73. The van der Waals surface area contributed by atoms with Gasteiger partial charge in [-0.1, -0.05) is 31.2 Å². The van der Waals surface area contributed by atoms with Crippen LogP contribution in [0.3, 0.4) is 0 Å². The molecule has 0 saturated carbocycles. The molecule has 2 aromatic carbocycles. The van der Waals surface area contributed by atoms with E-state index in [0.29, 0.717) is 43.1 Å². The fourth-order valence-electron chi connectivity index (χ4n) is 3.39. The first-order chi connectivity index (χ1) is 13.5. The van der Waals surface area contributed by atoms with Crippen LogP contribution in [0.1, 0.15) is 38.8 Å². The van der Waals surface area contributed by atoms with E-state index in [-0.39, 0.29) is 11.8 Å². The summed E-state index contributed by atoms with van der Waals surface area (Å²) >= 11 is 0. The number of hydrogen-bond donors (Lipinski definition) is 0. The maximum Gasteiger partial charge on any atom is 0.253 e. The third-order valence-corrected chi connectivity index (χ3v) is 5.75. The Bertz CT molecular complexity index is 872. The molecule has 0 spiro atoms. The van der Waals surface area contributed by atoms with Crippen LogP contribution in [-0.4, -0.2) is 58.3 Å². The lowest BCUT2D eigenvalue weighted by atomic mass is 10.1. The monoisotopic (exact) mass is 398 g/mol. The average molecular weight is 399 g/mol. The van der Waals surface area contributed by atoms with Crippen molar-refractivity contribution in [3.05, 3.63) is 70.8 Å². The SMILES string of the molecule is CCc1ccc(C(=O)N2CCN(C(=O)c3cccc(CS(C)=O)c3)CC2)cc1. The van der Waals surface area contributed by atoms with Crippen LogP contribution in [-0.2, 0) is 23.0 Å². The first-order valence-corrected chi connectivity index (χ1v) is 11.3. The lowest BCUT2D eigenvalue weighted by Crippen LogP contribution is -2.50. The molecule has 1 fully saturated rings. The maximum atomic E-state index is 12.8. The number of hydrogen-bond acceptors (Lipinski definition) is 3. The zero-order valence-corrected chi connectivity index (χ0v) is 17.2. The summed E-state index contributed by atoms with van der Waals surface area (Å²) in [5.41, 5.74) is 3.41. The number of benzene rings is 2. The lowest BCUT2D eigenvalue weighted by Gasteiger charge is -2.35. The van der Waals surface area contributed by atoms with Crippen molar-refractivity contribution in [2.24, 2.45) is 0 Å². The molecule has 0 radical (unpaired) electrons. The molecule has 1 atom stereocenters. The van der Waals surface area contributed by atoms with E-state index in [4.69, 9.17) is 0 Å². The van der Waals surface area contributed by atoms with Crippen molar-refractivity contribution in [2.75, 3.05) is 32.4 Å². The van der Waals surface area contributed by atoms with Crippen molar-refractivity contribution in [3.63, 3.8) is 0 Å².